The van der Waals surface area contributed by atoms with Crippen LogP contribution in [-0.4, -0.2) is 22.2 Å². The van der Waals surface area contributed by atoms with Crippen molar-refractivity contribution in [2.75, 3.05) is 12.4 Å². The van der Waals surface area contributed by atoms with Crippen molar-refractivity contribution in [3.63, 3.8) is 0 Å². The van der Waals surface area contributed by atoms with Gasteiger partial charge in [0.25, 0.3) is 0 Å². The molecule has 0 spiro atoms. The van der Waals surface area contributed by atoms with Crippen LogP contribution in [0.5, 0.6) is 0 Å². The second-order valence-corrected chi connectivity index (χ2v) is 6.63. The van der Waals surface area contributed by atoms with Gasteiger partial charge in [-0.1, -0.05) is 37.8 Å². The number of alkyl halides is 1. The van der Waals surface area contributed by atoms with Crippen LogP contribution in [0.4, 0.5) is 0 Å². The van der Waals surface area contributed by atoms with Crippen molar-refractivity contribution in [2.45, 2.75) is 52.0 Å². The number of halogens is 2. The summed E-state index contributed by atoms with van der Waals surface area (Å²) in [6.45, 7) is 3.82. The number of nitrogens with one attached hydrogen (secondary N) is 1. The van der Waals surface area contributed by atoms with Crippen molar-refractivity contribution in [3.8, 4) is 0 Å². The van der Waals surface area contributed by atoms with E-state index in [4.69, 9.17) is 23.2 Å². The van der Waals surface area contributed by atoms with E-state index in [1.54, 1.807) is 0 Å². The molecule has 0 unspecified atom stereocenters. The average molecular weight is 318 g/mol. The number of hydrogen-bond donors (Lipinski definition) is 1. The van der Waals surface area contributed by atoms with Gasteiger partial charge < -0.3 is 5.32 Å². The summed E-state index contributed by atoms with van der Waals surface area (Å²) in [6.07, 6.45) is 7.32. The van der Waals surface area contributed by atoms with Gasteiger partial charge in [-0.25, -0.2) is 0 Å². The summed E-state index contributed by atoms with van der Waals surface area (Å²) in [5.74, 6) is 0.749. The van der Waals surface area contributed by atoms with Crippen molar-refractivity contribution >= 4 is 23.2 Å². The zero-order chi connectivity index (χ0) is 14.6. The molecule has 1 heterocycles. The monoisotopic (exact) mass is 317 g/mol. The number of aromatic nitrogens is 2. The molecule has 3 nitrogen and oxygen atoms in total. The molecular weight excluding hydrogens is 293 g/mol. The van der Waals surface area contributed by atoms with Gasteiger partial charge in [-0.15, -0.1) is 11.6 Å². The zero-order valence-corrected chi connectivity index (χ0v) is 14.0. The highest BCUT2D eigenvalue weighted by Gasteiger charge is 2.30. The molecule has 0 atom stereocenters. The Bertz CT molecular complexity index is 437. The summed E-state index contributed by atoms with van der Waals surface area (Å²) < 4.78 is 1.89. The first-order valence-electron chi connectivity index (χ1n) is 7.59. The van der Waals surface area contributed by atoms with Crippen molar-refractivity contribution in [2.24, 2.45) is 12.5 Å². The first kappa shape index (κ1) is 16.1. The number of aryl methyl sites for hydroxylation is 2. The number of rotatable bonds is 6. The summed E-state index contributed by atoms with van der Waals surface area (Å²) >= 11 is 12.6. The number of hydrogen-bond acceptors (Lipinski definition) is 2. The maximum atomic E-state index is 6.37. The Labute approximate surface area is 132 Å². The van der Waals surface area contributed by atoms with E-state index in [2.05, 4.69) is 17.3 Å². The van der Waals surface area contributed by atoms with Gasteiger partial charge in [0.05, 0.1) is 16.4 Å². The molecule has 0 saturated heterocycles. The fourth-order valence-corrected chi connectivity index (χ4v) is 3.84. The van der Waals surface area contributed by atoms with Gasteiger partial charge in [-0.2, -0.15) is 5.10 Å². The molecule has 0 aliphatic heterocycles. The summed E-state index contributed by atoms with van der Waals surface area (Å²) in [4.78, 5) is 0. The Kier molecular flexibility index (Phi) is 5.76. The Hall–Kier alpha value is -0.250. The van der Waals surface area contributed by atoms with Gasteiger partial charge in [-0.3, -0.25) is 4.68 Å². The molecule has 1 aromatic rings. The normalized spacial score (nSPS) is 18.4. The third-order valence-corrected chi connectivity index (χ3v) is 5.50. The van der Waals surface area contributed by atoms with E-state index < -0.39 is 0 Å². The molecule has 20 heavy (non-hydrogen) atoms. The maximum absolute atomic E-state index is 6.37. The summed E-state index contributed by atoms with van der Waals surface area (Å²) in [5, 5.41) is 8.81. The largest absolute Gasteiger partial charge is 0.311 e. The lowest BCUT2D eigenvalue weighted by atomic mass is 9.75. The van der Waals surface area contributed by atoms with E-state index in [1.165, 1.54) is 32.1 Å². The lowest BCUT2D eigenvalue weighted by molar-refractivity contribution is 0.211. The molecule has 1 aliphatic rings. The van der Waals surface area contributed by atoms with E-state index in [9.17, 15) is 0 Å². The molecule has 1 fully saturated rings. The standard InChI is InChI=1S/C15H25Cl2N3/c1-3-12-14(17)13(20(2)19-12)9-18-11-15(10-16)7-5-4-6-8-15/h18H,3-11H2,1-2H3. The fraction of sp³-hybridized carbons (Fsp3) is 0.800. The fourth-order valence-electron chi connectivity index (χ4n) is 3.12. The van der Waals surface area contributed by atoms with Crippen LogP contribution in [0.25, 0.3) is 0 Å². The minimum atomic E-state index is 0.276. The van der Waals surface area contributed by atoms with Crippen molar-refractivity contribution in [3.05, 3.63) is 16.4 Å². The highest BCUT2D eigenvalue weighted by atomic mass is 35.5. The van der Waals surface area contributed by atoms with E-state index in [1.807, 2.05) is 11.7 Å². The predicted octanol–water partition coefficient (Wildman–Crippen LogP) is 3.91. The molecule has 5 heteroatoms. The van der Waals surface area contributed by atoms with Crippen molar-refractivity contribution in [1.82, 2.24) is 15.1 Å². The molecule has 0 amide bonds. The highest BCUT2D eigenvalue weighted by Crippen LogP contribution is 2.36. The summed E-state index contributed by atoms with van der Waals surface area (Å²) in [5.41, 5.74) is 2.33. The predicted molar refractivity (Wildman–Crippen MR) is 85.5 cm³/mol. The molecule has 0 bridgehead atoms. The third-order valence-electron chi connectivity index (χ3n) is 4.49. The Morgan fingerprint density at radius 3 is 2.55 bits per heavy atom. The lowest BCUT2D eigenvalue weighted by Gasteiger charge is -2.35. The van der Waals surface area contributed by atoms with Gasteiger partial charge in [0.15, 0.2) is 0 Å². The van der Waals surface area contributed by atoms with Crippen LogP contribution >= 0.6 is 23.2 Å². The second-order valence-electron chi connectivity index (χ2n) is 5.98. The van der Waals surface area contributed by atoms with Gasteiger partial charge in [0.2, 0.25) is 0 Å². The molecular formula is C15H25Cl2N3. The Morgan fingerprint density at radius 2 is 2.00 bits per heavy atom. The van der Waals surface area contributed by atoms with Crippen LogP contribution in [-0.2, 0) is 20.0 Å². The smallest absolute Gasteiger partial charge is 0.0863 e. The summed E-state index contributed by atoms with van der Waals surface area (Å²) in [6, 6.07) is 0. The van der Waals surface area contributed by atoms with Crippen LogP contribution in [0.1, 0.15) is 50.4 Å². The minimum absolute atomic E-state index is 0.276. The first-order valence-corrected chi connectivity index (χ1v) is 8.50. The average Bonchev–Trinajstić information content (AvgIpc) is 2.75. The molecule has 114 valence electrons. The molecule has 1 aliphatic carbocycles. The van der Waals surface area contributed by atoms with Gasteiger partial charge in [0.1, 0.15) is 0 Å². The van der Waals surface area contributed by atoms with E-state index >= 15 is 0 Å². The van der Waals surface area contributed by atoms with Crippen LogP contribution in [0.15, 0.2) is 0 Å². The topological polar surface area (TPSA) is 29.9 Å². The van der Waals surface area contributed by atoms with Crippen LogP contribution in [0.3, 0.4) is 0 Å². The Balaban J connectivity index is 1.93. The summed E-state index contributed by atoms with van der Waals surface area (Å²) in [7, 11) is 1.96. The molecule has 1 N–H and O–H groups in total. The molecule has 0 aromatic carbocycles. The van der Waals surface area contributed by atoms with E-state index in [0.29, 0.717) is 0 Å². The van der Waals surface area contributed by atoms with Crippen molar-refractivity contribution < 1.29 is 0 Å². The van der Waals surface area contributed by atoms with E-state index in [-0.39, 0.29) is 5.41 Å². The third kappa shape index (κ3) is 3.49. The molecule has 1 saturated carbocycles. The minimum Gasteiger partial charge on any atom is -0.311 e. The van der Waals surface area contributed by atoms with Crippen LogP contribution in [0, 0.1) is 5.41 Å². The highest BCUT2D eigenvalue weighted by molar-refractivity contribution is 6.31. The second kappa shape index (κ2) is 7.15. The SMILES string of the molecule is CCc1nn(C)c(CNCC2(CCl)CCCCC2)c1Cl. The van der Waals surface area contributed by atoms with E-state index in [0.717, 1.165) is 41.8 Å². The van der Waals surface area contributed by atoms with Crippen LogP contribution < -0.4 is 5.32 Å². The van der Waals surface area contributed by atoms with Crippen LogP contribution in [0.2, 0.25) is 5.02 Å². The first-order chi connectivity index (χ1) is 9.62. The zero-order valence-electron chi connectivity index (χ0n) is 12.5. The Morgan fingerprint density at radius 1 is 1.30 bits per heavy atom. The molecule has 2 rings (SSSR count). The quantitative estimate of drug-likeness (QED) is 0.806. The number of nitrogens with zero attached hydrogens (tertiary/aromatic N) is 2. The van der Waals surface area contributed by atoms with Crippen molar-refractivity contribution in [1.29, 1.82) is 0 Å². The lowest BCUT2D eigenvalue weighted by Crippen LogP contribution is -2.37. The molecule has 0 radical (unpaired) electrons. The van der Waals surface area contributed by atoms with Gasteiger partial charge in [0, 0.05) is 26.0 Å². The van der Waals surface area contributed by atoms with Gasteiger partial charge >= 0.3 is 0 Å². The maximum Gasteiger partial charge on any atom is 0.0863 e. The molecule has 1 aromatic heterocycles. The van der Waals surface area contributed by atoms with Gasteiger partial charge in [-0.05, 0) is 24.7 Å².